The Kier molecular flexibility index (Phi) is 1.80. The van der Waals surface area contributed by atoms with Crippen LogP contribution in [0.3, 0.4) is 0 Å². The molecule has 1 aromatic rings. The highest BCUT2D eigenvalue weighted by Gasteiger charge is 2.22. The highest BCUT2D eigenvalue weighted by molar-refractivity contribution is 6.10. The number of nitrogens with zero attached hydrogens (tertiary/aromatic N) is 5. The number of tetrazole rings is 1. The SMILES string of the molecule is O=C(O)CC1=Nc2nnnn2C(=O)C1. The minimum absolute atomic E-state index is 0.0394. The van der Waals surface area contributed by atoms with Gasteiger partial charge in [0.1, 0.15) is 0 Å². The first-order chi connectivity index (χ1) is 6.66. The molecule has 2 heterocycles. The molecule has 1 aromatic heterocycles. The van der Waals surface area contributed by atoms with Gasteiger partial charge < -0.3 is 5.11 Å². The third kappa shape index (κ3) is 1.37. The predicted molar refractivity (Wildman–Crippen MR) is 42.4 cm³/mol. The fourth-order valence-electron chi connectivity index (χ4n) is 1.12. The van der Waals surface area contributed by atoms with Crippen LogP contribution < -0.4 is 0 Å². The van der Waals surface area contributed by atoms with Crippen LogP contribution in [-0.4, -0.2) is 42.9 Å². The van der Waals surface area contributed by atoms with Crippen LogP contribution in [0, 0.1) is 0 Å². The summed E-state index contributed by atoms with van der Waals surface area (Å²) in [6.07, 6.45) is -0.317. The minimum atomic E-state index is -1.03. The average molecular weight is 195 g/mol. The topological polar surface area (TPSA) is 110 Å². The summed E-state index contributed by atoms with van der Waals surface area (Å²) < 4.78 is 0.950. The van der Waals surface area contributed by atoms with Gasteiger partial charge in [0.2, 0.25) is 0 Å². The monoisotopic (exact) mass is 195 g/mol. The van der Waals surface area contributed by atoms with Gasteiger partial charge in [-0.1, -0.05) is 5.10 Å². The molecule has 0 fully saturated rings. The van der Waals surface area contributed by atoms with E-state index >= 15 is 0 Å². The number of carboxylic acid groups (broad SMARTS) is 1. The smallest absolute Gasteiger partial charge is 0.309 e. The molecule has 0 amide bonds. The van der Waals surface area contributed by atoms with Crippen molar-refractivity contribution < 1.29 is 14.7 Å². The molecular weight excluding hydrogens is 190 g/mol. The molecule has 14 heavy (non-hydrogen) atoms. The van der Waals surface area contributed by atoms with Crippen molar-refractivity contribution in [3.8, 4) is 0 Å². The molecule has 2 rings (SSSR count). The molecule has 0 unspecified atom stereocenters. The summed E-state index contributed by atoms with van der Waals surface area (Å²) in [4.78, 5) is 25.5. The van der Waals surface area contributed by atoms with Gasteiger partial charge in [0.05, 0.1) is 12.8 Å². The second-order valence-corrected chi connectivity index (χ2v) is 2.71. The maximum Gasteiger partial charge on any atom is 0.309 e. The van der Waals surface area contributed by atoms with E-state index < -0.39 is 5.97 Å². The number of carbonyl (C=O) groups excluding carboxylic acids is 1. The zero-order valence-electron chi connectivity index (χ0n) is 6.91. The zero-order valence-corrected chi connectivity index (χ0v) is 6.91. The van der Waals surface area contributed by atoms with Crippen molar-refractivity contribution in [1.82, 2.24) is 20.2 Å². The zero-order chi connectivity index (χ0) is 10.1. The van der Waals surface area contributed by atoms with Crippen molar-refractivity contribution >= 4 is 23.5 Å². The Balaban J connectivity index is 2.33. The van der Waals surface area contributed by atoms with Gasteiger partial charge in [0, 0.05) is 5.71 Å². The second kappa shape index (κ2) is 2.98. The molecule has 8 heteroatoms. The fraction of sp³-hybridized carbons (Fsp3) is 0.333. The molecule has 8 nitrogen and oxygen atoms in total. The fourth-order valence-corrected chi connectivity index (χ4v) is 1.12. The molecule has 1 N–H and O–H groups in total. The van der Waals surface area contributed by atoms with E-state index in [9.17, 15) is 9.59 Å². The normalized spacial score (nSPS) is 14.9. The number of fused-ring (bicyclic) bond motifs is 1. The Morgan fingerprint density at radius 1 is 1.57 bits per heavy atom. The lowest BCUT2D eigenvalue weighted by atomic mass is 10.2. The van der Waals surface area contributed by atoms with Crippen LogP contribution in [0.1, 0.15) is 17.6 Å². The summed E-state index contributed by atoms with van der Waals surface area (Å²) in [7, 11) is 0. The van der Waals surface area contributed by atoms with Crippen molar-refractivity contribution in [3.63, 3.8) is 0 Å². The van der Waals surface area contributed by atoms with Gasteiger partial charge in [0.25, 0.3) is 11.9 Å². The van der Waals surface area contributed by atoms with Crippen LogP contribution in [0.4, 0.5) is 5.95 Å². The molecule has 1 aliphatic heterocycles. The number of hydrogen-bond acceptors (Lipinski definition) is 6. The molecule has 0 atom stereocenters. The first-order valence-electron chi connectivity index (χ1n) is 3.76. The second-order valence-electron chi connectivity index (χ2n) is 2.71. The highest BCUT2D eigenvalue weighted by Crippen LogP contribution is 2.14. The van der Waals surface area contributed by atoms with Gasteiger partial charge >= 0.3 is 5.97 Å². The maximum absolute atomic E-state index is 11.3. The van der Waals surface area contributed by atoms with E-state index in [1.54, 1.807) is 0 Å². The average Bonchev–Trinajstić information content (AvgIpc) is 2.50. The Morgan fingerprint density at radius 2 is 2.36 bits per heavy atom. The summed E-state index contributed by atoms with van der Waals surface area (Å²) in [6, 6.07) is 0. The van der Waals surface area contributed by atoms with Crippen molar-refractivity contribution in [2.45, 2.75) is 12.8 Å². The largest absolute Gasteiger partial charge is 0.481 e. The van der Waals surface area contributed by atoms with Gasteiger partial charge in [0.15, 0.2) is 0 Å². The lowest BCUT2D eigenvalue weighted by molar-refractivity contribution is -0.135. The highest BCUT2D eigenvalue weighted by atomic mass is 16.4. The van der Waals surface area contributed by atoms with E-state index in [0.717, 1.165) is 4.68 Å². The summed E-state index contributed by atoms with van der Waals surface area (Å²) in [5.41, 5.74) is 0.268. The Morgan fingerprint density at radius 3 is 3.07 bits per heavy atom. The number of aliphatic imine (C=N–C) groups is 1. The van der Waals surface area contributed by atoms with Crippen LogP contribution in [-0.2, 0) is 4.79 Å². The number of rotatable bonds is 2. The molecule has 0 saturated carbocycles. The quantitative estimate of drug-likeness (QED) is 0.622. The molecule has 0 aliphatic carbocycles. The molecule has 0 saturated heterocycles. The van der Waals surface area contributed by atoms with Crippen LogP contribution in [0.5, 0.6) is 0 Å². The van der Waals surface area contributed by atoms with Gasteiger partial charge in [-0.25, -0.2) is 4.99 Å². The number of carbonyl (C=O) groups is 2. The number of hydrogen-bond donors (Lipinski definition) is 1. The van der Waals surface area contributed by atoms with Crippen LogP contribution in [0.2, 0.25) is 0 Å². The van der Waals surface area contributed by atoms with E-state index in [2.05, 4.69) is 20.5 Å². The standard InChI is InChI=1S/C6H5N5O3/c12-4-1-3(2-5(13)14)7-6-8-9-10-11(4)6/h1-2H2,(H,13,14). The lowest BCUT2D eigenvalue weighted by Crippen LogP contribution is -2.22. The third-order valence-electron chi connectivity index (χ3n) is 1.66. The van der Waals surface area contributed by atoms with Crippen molar-refractivity contribution in [2.75, 3.05) is 0 Å². The molecule has 0 radical (unpaired) electrons. The van der Waals surface area contributed by atoms with Crippen molar-refractivity contribution in [3.05, 3.63) is 0 Å². The first kappa shape index (κ1) is 8.48. The predicted octanol–water partition coefficient (Wildman–Crippen LogP) is -0.736. The molecule has 0 aromatic carbocycles. The van der Waals surface area contributed by atoms with Gasteiger partial charge in [-0.2, -0.15) is 0 Å². The van der Waals surface area contributed by atoms with Crippen LogP contribution >= 0.6 is 0 Å². The van der Waals surface area contributed by atoms with Crippen molar-refractivity contribution in [2.24, 2.45) is 4.99 Å². The lowest BCUT2D eigenvalue weighted by Gasteiger charge is -2.08. The van der Waals surface area contributed by atoms with Crippen molar-refractivity contribution in [1.29, 1.82) is 0 Å². The summed E-state index contributed by atoms with van der Waals surface area (Å²) in [6.45, 7) is 0. The minimum Gasteiger partial charge on any atom is -0.481 e. The molecule has 0 bridgehead atoms. The summed E-state index contributed by atoms with van der Waals surface area (Å²) >= 11 is 0. The van der Waals surface area contributed by atoms with E-state index in [1.807, 2.05) is 0 Å². The van der Waals surface area contributed by atoms with Crippen LogP contribution in [0.25, 0.3) is 0 Å². The summed E-state index contributed by atoms with van der Waals surface area (Å²) in [5.74, 6) is -1.36. The third-order valence-corrected chi connectivity index (χ3v) is 1.66. The van der Waals surface area contributed by atoms with Gasteiger partial charge in [-0.05, 0) is 10.4 Å². The van der Waals surface area contributed by atoms with E-state index in [1.165, 1.54) is 0 Å². The molecule has 72 valence electrons. The van der Waals surface area contributed by atoms with E-state index in [0.29, 0.717) is 0 Å². The Bertz CT molecular complexity index is 434. The molecular formula is C6H5N5O3. The number of aliphatic carboxylic acids is 1. The Labute approximate surface area is 77.2 Å². The molecule has 0 spiro atoms. The van der Waals surface area contributed by atoms with E-state index in [4.69, 9.17) is 5.11 Å². The summed E-state index contributed by atoms with van der Waals surface area (Å²) in [5, 5.41) is 18.6. The first-order valence-corrected chi connectivity index (χ1v) is 3.76. The maximum atomic E-state index is 11.3. The van der Waals surface area contributed by atoms with E-state index in [-0.39, 0.29) is 30.4 Å². The van der Waals surface area contributed by atoms with Crippen LogP contribution in [0.15, 0.2) is 4.99 Å². The number of aromatic nitrogens is 4. The Hall–Kier alpha value is -2.12. The number of carboxylic acids is 1. The molecule has 1 aliphatic rings. The van der Waals surface area contributed by atoms with Gasteiger partial charge in [-0.3, -0.25) is 9.59 Å². The van der Waals surface area contributed by atoms with Gasteiger partial charge in [-0.15, -0.1) is 4.68 Å².